The molecule has 2 aromatic heterocycles. The summed E-state index contributed by atoms with van der Waals surface area (Å²) in [5.41, 5.74) is 10.5. The number of nitrogens with zero attached hydrogens (tertiary/aromatic N) is 4. The minimum absolute atomic E-state index is 0.226. The third kappa shape index (κ3) is 3.41. The summed E-state index contributed by atoms with van der Waals surface area (Å²) in [5, 5.41) is 4.87. The number of rotatable bonds is 5. The minimum Gasteiger partial charge on any atom is -0.330 e. The van der Waals surface area contributed by atoms with Crippen LogP contribution < -0.4 is 5.73 Å². The summed E-state index contributed by atoms with van der Waals surface area (Å²) in [5.74, 6) is 0. The van der Waals surface area contributed by atoms with Gasteiger partial charge in [0.05, 0.1) is 11.4 Å². The summed E-state index contributed by atoms with van der Waals surface area (Å²) >= 11 is 0. The van der Waals surface area contributed by atoms with Gasteiger partial charge in [0.2, 0.25) is 0 Å². The third-order valence-electron chi connectivity index (χ3n) is 5.27. The van der Waals surface area contributed by atoms with E-state index >= 15 is 0 Å². The van der Waals surface area contributed by atoms with Gasteiger partial charge in [0.25, 0.3) is 0 Å². The van der Waals surface area contributed by atoms with Crippen molar-refractivity contribution in [1.82, 2.24) is 19.7 Å². The van der Waals surface area contributed by atoms with Crippen LogP contribution in [0.3, 0.4) is 0 Å². The van der Waals surface area contributed by atoms with Gasteiger partial charge in [-0.3, -0.25) is 9.88 Å². The Kier molecular flexibility index (Phi) is 4.57. The van der Waals surface area contributed by atoms with Crippen molar-refractivity contribution in [3.05, 3.63) is 66.6 Å². The maximum absolute atomic E-state index is 5.97. The van der Waals surface area contributed by atoms with E-state index < -0.39 is 0 Å². The molecule has 1 unspecified atom stereocenters. The second kappa shape index (κ2) is 7.02. The summed E-state index contributed by atoms with van der Waals surface area (Å²) < 4.78 is 1.97. The average Bonchev–Trinajstić information content (AvgIpc) is 3.28. The van der Waals surface area contributed by atoms with Gasteiger partial charge in [-0.05, 0) is 49.2 Å². The Balaban J connectivity index is 1.67. The summed E-state index contributed by atoms with van der Waals surface area (Å²) in [7, 11) is 0. The number of hydrogen-bond donors (Lipinski definition) is 1. The van der Waals surface area contributed by atoms with Gasteiger partial charge in [-0.25, -0.2) is 4.68 Å². The van der Waals surface area contributed by atoms with Gasteiger partial charge in [-0.15, -0.1) is 0 Å². The molecular formula is C21H25N5. The third-order valence-corrected chi connectivity index (χ3v) is 5.27. The van der Waals surface area contributed by atoms with Crippen molar-refractivity contribution in [3.8, 4) is 16.9 Å². The number of benzene rings is 1. The van der Waals surface area contributed by atoms with Crippen LogP contribution in [0.2, 0.25) is 0 Å². The quantitative estimate of drug-likeness (QED) is 0.770. The van der Waals surface area contributed by atoms with E-state index in [2.05, 4.69) is 41.2 Å². The van der Waals surface area contributed by atoms with Crippen molar-refractivity contribution in [2.75, 3.05) is 19.6 Å². The maximum Gasteiger partial charge on any atom is 0.0988 e. The lowest BCUT2D eigenvalue weighted by molar-refractivity contribution is 0.274. The molecule has 1 aliphatic rings. The molecule has 4 rings (SSSR count). The van der Waals surface area contributed by atoms with Crippen molar-refractivity contribution in [2.24, 2.45) is 11.1 Å². The van der Waals surface area contributed by atoms with Crippen LogP contribution in [0.5, 0.6) is 0 Å². The van der Waals surface area contributed by atoms with Crippen LogP contribution in [0, 0.1) is 5.41 Å². The second-order valence-corrected chi connectivity index (χ2v) is 7.50. The molecule has 0 radical (unpaired) electrons. The van der Waals surface area contributed by atoms with Crippen molar-refractivity contribution >= 4 is 0 Å². The zero-order chi connectivity index (χ0) is 18.0. The molecule has 134 valence electrons. The van der Waals surface area contributed by atoms with Crippen molar-refractivity contribution in [3.63, 3.8) is 0 Å². The first-order valence-corrected chi connectivity index (χ1v) is 9.14. The zero-order valence-electron chi connectivity index (χ0n) is 15.2. The smallest absolute Gasteiger partial charge is 0.0988 e. The zero-order valence-corrected chi connectivity index (χ0v) is 15.2. The molecule has 0 aliphatic carbocycles. The summed E-state index contributed by atoms with van der Waals surface area (Å²) in [4.78, 5) is 6.76. The first-order valence-electron chi connectivity index (χ1n) is 9.14. The molecule has 1 aromatic carbocycles. The summed E-state index contributed by atoms with van der Waals surface area (Å²) in [6.45, 7) is 6.01. The highest BCUT2D eigenvalue weighted by Gasteiger charge is 2.32. The highest BCUT2D eigenvalue weighted by atomic mass is 15.3. The molecule has 5 heteroatoms. The molecule has 1 aliphatic heterocycles. The second-order valence-electron chi connectivity index (χ2n) is 7.50. The fourth-order valence-corrected chi connectivity index (χ4v) is 3.65. The Hall–Kier alpha value is -2.50. The molecule has 3 aromatic rings. The van der Waals surface area contributed by atoms with Gasteiger partial charge < -0.3 is 5.73 Å². The van der Waals surface area contributed by atoms with Gasteiger partial charge in [0, 0.05) is 42.8 Å². The predicted molar refractivity (Wildman–Crippen MR) is 104 cm³/mol. The molecule has 0 saturated carbocycles. The Morgan fingerprint density at radius 1 is 1.15 bits per heavy atom. The van der Waals surface area contributed by atoms with E-state index in [9.17, 15) is 0 Å². The standard InChI is InChI=1S/C21H25N5/c1-21(15-22)9-11-25(16-21)13-18-14-26(19-7-3-2-4-8-19)24-20(18)17-6-5-10-23-12-17/h2-8,10,12,14H,9,11,13,15-16,22H2,1H3. The van der Waals surface area contributed by atoms with Crippen molar-refractivity contribution in [2.45, 2.75) is 19.9 Å². The van der Waals surface area contributed by atoms with E-state index in [-0.39, 0.29) is 5.41 Å². The first-order chi connectivity index (χ1) is 12.7. The number of pyridine rings is 1. The van der Waals surface area contributed by atoms with Crippen LogP contribution in [0.15, 0.2) is 61.1 Å². The maximum atomic E-state index is 5.97. The number of para-hydroxylation sites is 1. The van der Waals surface area contributed by atoms with Crippen LogP contribution >= 0.6 is 0 Å². The lowest BCUT2D eigenvalue weighted by Gasteiger charge is -2.22. The molecule has 3 heterocycles. The summed E-state index contributed by atoms with van der Waals surface area (Å²) in [6, 6.07) is 14.3. The van der Waals surface area contributed by atoms with E-state index in [1.807, 2.05) is 35.1 Å². The first kappa shape index (κ1) is 16.9. The van der Waals surface area contributed by atoms with E-state index in [0.29, 0.717) is 0 Å². The topological polar surface area (TPSA) is 60.0 Å². The Labute approximate surface area is 154 Å². The SMILES string of the molecule is CC1(CN)CCN(Cc2cn(-c3ccccc3)nc2-c2cccnc2)C1. The molecule has 1 atom stereocenters. The molecule has 5 nitrogen and oxygen atoms in total. The largest absolute Gasteiger partial charge is 0.330 e. The monoisotopic (exact) mass is 347 g/mol. The predicted octanol–water partition coefficient (Wildman–Crippen LogP) is 3.11. The number of likely N-dealkylation sites (tertiary alicyclic amines) is 1. The molecule has 0 amide bonds. The fourth-order valence-electron chi connectivity index (χ4n) is 3.65. The van der Waals surface area contributed by atoms with E-state index in [0.717, 1.165) is 49.5 Å². The van der Waals surface area contributed by atoms with E-state index in [1.165, 1.54) is 5.56 Å². The molecule has 1 saturated heterocycles. The van der Waals surface area contributed by atoms with E-state index in [1.54, 1.807) is 6.20 Å². The Morgan fingerprint density at radius 2 is 2.00 bits per heavy atom. The molecule has 2 N–H and O–H groups in total. The van der Waals surface area contributed by atoms with Gasteiger partial charge in [-0.1, -0.05) is 25.1 Å². The molecule has 26 heavy (non-hydrogen) atoms. The van der Waals surface area contributed by atoms with Crippen LogP contribution in [0.1, 0.15) is 18.9 Å². The van der Waals surface area contributed by atoms with Crippen LogP contribution in [-0.2, 0) is 6.54 Å². The molecule has 0 spiro atoms. The Morgan fingerprint density at radius 3 is 2.69 bits per heavy atom. The number of nitrogens with two attached hydrogens (primary N) is 1. The highest BCUT2D eigenvalue weighted by Crippen LogP contribution is 2.31. The van der Waals surface area contributed by atoms with Crippen LogP contribution in [-0.4, -0.2) is 39.3 Å². The highest BCUT2D eigenvalue weighted by molar-refractivity contribution is 5.62. The van der Waals surface area contributed by atoms with Gasteiger partial charge in [-0.2, -0.15) is 5.10 Å². The normalized spacial score (nSPS) is 20.5. The number of aromatic nitrogens is 3. The minimum atomic E-state index is 0.226. The number of hydrogen-bond acceptors (Lipinski definition) is 4. The molecule has 1 fully saturated rings. The van der Waals surface area contributed by atoms with Crippen molar-refractivity contribution < 1.29 is 0 Å². The lowest BCUT2D eigenvalue weighted by Crippen LogP contribution is -2.31. The van der Waals surface area contributed by atoms with Gasteiger partial charge in [0.15, 0.2) is 0 Å². The van der Waals surface area contributed by atoms with Gasteiger partial charge >= 0.3 is 0 Å². The summed E-state index contributed by atoms with van der Waals surface area (Å²) in [6.07, 6.45) is 6.98. The van der Waals surface area contributed by atoms with Crippen LogP contribution in [0.25, 0.3) is 16.9 Å². The molecular weight excluding hydrogens is 322 g/mol. The molecule has 0 bridgehead atoms. The van der Waals surface area contributed by atoms with Crippen LogP contribution in [0.4, 0.5) is 0 Å². The Bertz CT molecular complexity index is 859. The fraction of sp³-hybridized carbons (Fsp3) is 0.333. The lowest BCUT2D eigenvalue weighted by atomic mass is 9.90. The van der Waals surface area contributed by atoms with Gasteiger partial charge in [0.1, 0.15) is 0 Å². The average molecular weight is 347 g/mol. The van der Waals surface area contributed by atoms with E-state index in [4.69, 9.17) is 10.8 Å². The van der Waals surface area contributed by atoms with Crippen molar-refractivity contribution in [1.29, 1.82) is 0 Å².